The van der Waals surface area contributed by atoms with Crippen LogP contribution >= 0.6 is 0 Å². The molecule has 4 heteroatoms. The lowest BCUT2D eigenvalue weighted by molar-refractivity contribution is 0.431. The first-order chi connectivity index (χ1) is 9.51. The molecule has 1 aromatic heterocycles. The monoisotopic (exact) mass is 271 g/mol. The van der Waals surface area contributed by atoms with Crippen LogP contribution in [0.4, 0.5) is 0 Å². The van der Waals surface area contributed by atoms with Crippen LogP contribution in [0.1, 0.15) is 42.1 Å². The average molecular weight is 271 g/mol. The molecule has 2 aromatic rings. The predicted octanol–water partition coefficient (Wildman–Crippen LogP) is 3.47. The van der Waals surface area contributed by atoms with E-state index in [1.165, 1.54) is 0 Å². The van der Waals surface area contributed by atoms with Crippen molar-refractivity contribution >= 4 is 0 Å². The van der Waals surface area contributed by atoms with Crippen molar-refractivity contribution in [2.75, 3.05) is 0 Å². The minimum absolute atomic E-state index is 0.368. The third-order valence-electron chi connectivity index (χ3n) is 3.27. The standard InChI is InChI=1S/C16H21N3O/c1-10(2)14-6-5-11(3)7-15(14)20-16-18-9-13(8-17)12(4)19-16/h5-7,9-10H,8,17H2,1-4H3. The summed E-state index contributed by atoms with van der Waals surface area (Å²) in [7, 11) is 0. The van der Waals surface area contributed by atoms with Gasteiger partial charge in [0.2, 0.25) is 0 Å². The van der Waals surface area contributed by atoms with Gasteiger partial charge in [0.15, 0.2) is 0 Å². The van der Waals surface area contributed by atoms with Gasteiger partial charge in [-0.15, -0.1) is 0 Å². The van der Waals surface area contributed by atoms with Gasteiger partial charge in [0.05, 0.1) is 0 Å². The molecule has 0 spiro atoms. The second-order valence-corrected chi connectivity index (χ2v) is 5.27. The molecule has 0 aliphatic carbocycles. The van der Waals surface area contributed by atoms with Crippen LogP contribution in [0.3, 0.4) is 0 Å². The summed E-state index contributed by atoms with van der Waals surface area (Å²) >= 11 is 0. The summed E-state index contributed by atoms with van der Waals surface area (Å²) in [4.78, 5) is 8.58. The van der Waals surface area contributed by atoms with Crippen molar-refractivity contribution in [2.24, 2.45) is 5.73 Å². The van der Waals surface area contributed by atoms with Gasteiger partial charge < -0.3 is 10.5 Å². The smallest absolute Gasteiger partial charge is 0.322 e. The molecule has 1 heterocycles. The maximum absolute atomic E-state index is 5.87. The largest absolute Gasteiger partial charge is 0.424 e. The zero-order valence-electron chi connectivity index (χ0n) is 12.5. The third-order valence-corrected chi connectivity index (χ3v) is 3.27. The van der Waals surface area contributed by atoms with E-state index in [-0.39, 0.29) is 0 Å². The maximum atomic E-state index is 5.87. The minimum Gasteiger partial charge on any atom is -0.424 e. The Bertz CT molecular complexity index is 609. The fourth-order valence-electron chi connectivity index (χ4n) is 2.03. The fraction of sp³-hybridized carbons (Fsp3) is 0.375. The van der Waals surface area contributed by atoms with Crippen molar-refractivity contribution in [2.45, 2.75) is 40.2 Å². The number of hydrogen-bond donors (Lipinski definition) is 1. The Kier molecular flexibility index (Phi) is 4.35. The third kappa shape index (κ3) is 3.14. The van der Waals surface area contributed by atoms with E-state index >= 15 is 0 Å². The number of nitrogens with zero attached hydrogens (tertiary/aromatic N) is 2. The highest BCUT2D eigenvalue weighted by Gasteiger charge is 2.11. The molecule has 4 nitrogen and oxygen atoms in total. The number of aryl methyl sites for hydroxylation is 2. The number of benzene rings is 1. The molecule has 0 aliphatic rings. The van der Waals surface area contributed by atoms with Crippen LogP contribution in [0.5, 0.6) is 11.8 Å². The molecule has 0 amide bonds. The highest BCUT2D eigenvalue weighted by Crippen LogP contribution is 2.30. The molecule has 0 fully saturated rings. The Labute approximate surface area is 120 Å². The molecule has 0 atom stereocenters. The molecular weight excluding hydrogens is 250 g/mol. The molecule has 1 aromatic carbocycles. The van der Waals surface area contributed by atoms with E-state index in [9.17, 15) is 0 Å². The molecule has 20 heavy (non-hydrogen) atoms. The van der Waals surface area contributed by atoms with Crippen LogP contribution < -0.4 is 10.5 Å². The fourth-order valence-corrected chi connectivity index (χ4v) is 2.03. The van der Waals surface area contributed by atoms with Gasteiger partial charge in [-0.1, -0.05) is 26.0 Å². The van der Waals surface area contributed by atoms with Crippen molar-refractivity contribution in [3.05, 3.63) is 46.8 Å². The topological polar surface area (TPSA) is 61.0 Å². The van der Waals surface area contributed by atoms with E-state index < -0.39 is 0 Å². The van der Waals surface area contributed by atoms with Crippen LogP contribution in [-0.2, 0) is 6.54 Å². The SMILES string of the molecule is Cc1ccc(C(C)C)c(Oc2ncc(CN)c(C)n2)c1. The molecule has 0 radical (unpaired) electrons. The van der Waals surface area contributed by atoms with Gasteiger partial charge in [0.1, 0.15) is 5.75 Å². The van der Waals surface area contributed by atoms with Crippen LogP contribution in [0.2, 0.25) is 0 Å². The van der Waals surface area contributed by atoms with Crippen LogP contribution in [-0.4, -0.2) is 9.97 Å². The van der Waals surface area contributed by atoms with Crippen molar-refractivity contribution in [1.29, 1.82) is 0 Å². The summed E-state index contributed by atoms with van der Waals surface area (Å²) in [6, 6.07) is 6.57. The number of ether oxygens (including phenoxy) is 1. The molecule has 0 saturated heterocycles. The Hall–Kier alpha value is -1.94. The first kappa shape index (κ1) is 14.5. The van der Waals surface area contributed by atoms with Gasteiger partial charge in [-0.25, -0.2) is 4.98 Å². The van der Waals surface area contributed by atoms with Gasteiger partial charge in [0, 0.05) is 24.0 Å². The van der Waals surface area contributed by atoms with E-state index in [0.29, 0.717) is 18.5 Å². The molecular formula is C16H21N3O. The lowest BCUT2D eigenvalue weighted by Crippen LogP contribution is -2.04. The van der Waals surface area contributed by atoms with E-state index in [0.717, 1.165) is 28.1 Å². The normalized spacial score (nSPS) is 10.9. The second kappa shape index (κ2) is 6.01. The van der Waals surface area contributed by atoms with Crippen LogP contribution in [0.15, 0.2) is 24.4 Å². The van der Waals surface area contributed by atoms with Gasteiger partial charge in [0.25, 0.3) is 0 Å². The summed E-state index contributed by atoms with van der Waals surface area (Å²) in [6.07, 6.45) is 1.72. The van der Waals surface area contributed by atoms with Crippen molar-refractivity contribution < 1.29 is 4.74 Å². The Morgan fingerprint density at radius 2 is 2.00 bits per heavy atom. The van der Waals surface area contributed by atoms with E-state index in [1.54, 1.807) is 6.20 Å². The zero-order chi connectivity index (χ0) is 14.7. The molecule has 106 valence electrons. The predicted molar refractivity (Wildman–Crippen MR) is 80.0 cm³/mol. The first-order valence-electron chi connectivity index (χ1n) is 6.82. The van der Waals surface area contributed by atoms with Crippen LogP contribution in [0, 0.1) is 13.8 Å². The van der Waals surface area contributed by atoms with Gasteiger partial charge in [-0.05, 0) is 37.0 Å². The second-order valence-electron chi connectivity index (χ2n) is 5.27. The van der Waals surface area contributed by atoms with Crippen molar-refractivity contribution in [3.8, 4) is 11.8 Å². The maximum Gasteiger partial charge on any atom is 0.322 e. The number of hydrogen-bond acceptors (Lipinski definition) is 4. The molecule has 0 bridgehead atoms. The summed E-state index contributed by atoms with van der Waals surface area (Å²) < 4.78 is 5.87. The summed E-state index contributed by atoms with van der Waals surface area (Å²) in [6.45, 7) is 8.67. The molecule has 2 rings (SSSR count). The summed E-state index contributed by atoms with van der Waals surface area (Å²) in [5, 5.41) is 0. The Balaban J connectivity index is 2.34. The van der Waals surface area contributed by atoms with Gasteiger partial charge in [-0.3, -0.25) is 0 Å². The first-order valence-corrected chi connectivity index (χ1v) is 6.82. The minimum atomic E-state index is 0.368. The highest BCUT2D eigenvalue weighted by molar-refractivity contribution is 5.40. The quantitative estimate of drug-likeness (QED) is 0.925. The number of aromatic nitrogens is 2. The Morgan fingerprint density at radius 1 is 1.25 bits per heavy atom. The molecule has 2 N–H and O–H groups in total. The van der Waals surface area contributed by atoms with E-state index in [2.05, 4.69) is 35.9 Å². The van der Waals surface area contributed by atoms with Gasteiger partial charge >= 0.3 is 6.01 Å². The molecule has 0 aliphatic heterocycles. The summed E-state index contributed by atoms with van der Waals surface area (Å²) in [5.74, 6) is 1.20. The molecule has 0 saturated carbocycles. The van der Waals surface area contributed by atoms with Crippen molar-refractivity contribution in [3.63, 3.8) is 0 Å². The number of nitrogens with two attached hydrogens (primary N) is 1. The average Bonchev–Trinajstić information content (AvgIpc) is 2.38. The molecule has 0 unspecified atom stereocenters. The lowest BCUT2D eigenvalue weighted by Gasteiger charge is -2.14. The van der Waals surface area contributed by atoms with E-state index in [4.69, 9.17) is 10.5 Å². The highest BCUT2D eigenvalue weighted by atomic mass is 16.5. The van der Waals surface area contributed by atoms with Crippen molar-refractivity contribution in [1.82, 2.24) is 9.97 Å². The van der Waals surface area contributed by atoms with Gasteiger partial charge in [-0.2, -0.15) is 4.98 Å². The number of rotatable bonds is 4. The Morgan fingerprint density at radius 3 is 2.60 bits per heavy atom. The van der Waals surface area contributed by atoms with E-state index in [1.807, 2.05) is 19.9 Å². The summed E-state index contributed by atoms with van der Waals surface area (Å²) in [5.41, 5.74) is 9.71. The lowest BCUT2D eigenvalue weighted by atomic mass is 10.0. The zero-order valence-corrected chi connectivity index (χ0v) is 12.5. The van der Waals surface area contributed by atoms with Crippen LogP contribution in [0.25, 0.3) is 0 Å².